The molecule has 0 radical (unpaired) electrons. The first-order chi connectivity index (χ1) is 11.9. The van der Waals surface area contributed by atoms with Gasteiger partial charge in [-0.05, 0) is 36.6 Å². The van der Waals surface area contributed by atoms with Crippen LogP contribution in [0.15, 0.2) is 47.4 Å². The molecule has 1 N–H and O–H groups in total. The molecule has 0 saturated carbocycles. The molecule has 0 aromatic heterocycles. The molecule has 2 aromatic rings. The molecule has 2 aromatic carbocycles. The van der Waals surface area contributed by atoms with Crippen LogP contribution >= 0.6 is 0 Å². The molecule has 0 unspecified atom stereocenters. The number of benzene rings is 2. The van der Waals surface area contributed by atoms with E-state index in [1.165, 1.54) is 18.2 Å². The van der Waals surface area contributed by atoms with Gasteiger partial charge < -0.3 is 9.84 Å². The molecule has 5 nitrogen and oxygen atoms in total. The van der Waals surface area contributed by atoms with Crippen LogP contribution in [0, 0.1) is 0 Å². The van der Waals surface area contributed by atoms with Gasteiger partial charge in [0.25, 0.3) is 10.1 Å². The Morgan fingerprint density at radius 1 is 1.00 bits per heavy atom. The standard InChI is InChI=1S/C19H24O5S.Na/c1-2-3-4-5-6-8-15-11-12-18(14-19(15)25(21,22)23)24-17-10-7-9-16(20)13-17;/h7,9-14,20H,2-6,8H2,1H3,(H,21,22,23);/q;+1/p-1. The van der Waals surface area contributed by atoms with Crippen molar-refractivity contribution in [3.63, 3.8) is 0 Å². The molecule has 2 rings (SSSR count). The maximum atomic E-state index is 11.7. The second-order valence-corrected chi connectivity index (χ2v) is 7.38. The zero-order valence-corrected chi connectivity index (χ0v) is 18.1. The van der Waals surface area contributed by atoms with E-state index in [2.05, 4.69) is 6.92 Å². The third-order valence-corrected chi connectivity index (χ3v) is 4.84. The third-order valence-electron chi connectivity index (χ3n) is 3.91. The van der Waals surface area contributed by atoms with Crippen LogP contribution in [0.5, 0.6) is 17.2 Å². The van der Waals surface area contributed by atoms with Crippen LogP contribution in [0.1, 0.15) is 44.6 Å². The molecule has 7 heteroatoms. The minimum absolute atomic E-state index is 0. The van der Waals surface area contributed by atoms with Gasteiger partial charge in [-0.15, -0.1) is 5.75 Å². The van der Waals surface area contributed by atoms with Crippen molar-refractivity contribution in [3.8, 4) is 17.2 Å². The van der Waals surface area contributed by atoms with E-state index in [0.29, 0.717) is 17.7 Å². The SMILES string of the molecule is CCCCCCCc1ccc(Oc2cccc([O-])c2)cc1S(=O)(=O)O.[Na+]. The number of hydrogen-bond acceptors (Lipinski definition) is 4. The van der Waals surface area contributed by atoms with Crippen molar-refractivity contribution < 1.29 is 52.4 Å². The summed E-state index contributed by atoms with van der Waals surface area (Å²) in [7, 11) is -4.35. The first-order valence-electron chi connectivity index (χ1n) is 8.45. The largest absolute Gasteiger partial charge is 1.00 e. The minimum atomic E-state index is -4.35. The third kappa shape index (κ3) is 7.29. The molecule has 136 valence electrons. The van der Waals surface area contributed by atoms with Crippen molar-refractivity contribution in [2.24, 2.45) is 0 Å². The number of aryl methyl sites for hydroxylation is 1. The molecular weight excluding hydrogens is 363 g/mol. The van der Waals surface area contributed by atoms with Crippen LogP contribution in [-0.2, 0) is 16.5 Å². The predicted octanol–water partition coefficient (Wildman–Crippen LogP) is 1.32. The van der Waals surface area contributed by atoms with E-state index in [4.69, 9.17) is 4.74 Å². The Morgan fingerprint density at radius 2 is 1.69 bits per heavy atom. The second-order valence-electron chi connectivity index (χ2n) is 5.99. The van der Waals surface area contributed by atoms with E-state index >= 15 is 0 Å². The summed E-state index contributed by atoms with van der Waals surface area (Å²) in [6.45, 7) is 2.14. The molecule has 0 amide bonds. The van der Waals surface area contributed by atoms with E-state index < -0.39 is 10.1 Å². The number of rotatable bonds is 9. The van der Waals surface area contributed by atoms with Crippen LogP contribution in [0.4, 0.5) is 0 Å². The molecule has 0 saturated heterocycles. The average molecular weight is 386 g/mol. The van der Waals surface area contributed by atoms with Gasteiger partial charge in [-0.3, -0.25) is 4.55 Å². The van der Waals surface area contributed by atoms with Gasteiger partial charge in [-0.2, -0.15) is 8.42 Å². The topological polar surface area (TPSA) is 86.7 Å². The van der Waals surface area contributed by atoms with E-state index in [0.717, 1.165) is 32.1 Å². The van der Waals surface area contributed by atoms with Crippen molar-refractivity contribution >= 4 is 10.1 Å². The molecule has 0 heterocycles. The molecule has 0 aliphatic carbocycles. The summed E-state index contributed by atoms with van der Waals surface area (Å²) >= 11 is 0. The summed E-state index contributed by atoms with van der Waals surface area (Å²) in [6.07, 6.45) is 5.89. The van der Waals surface area contributed by atoms with Gasteiger partial charge in [0.2, 0.25) is 0 Å². The maximum Gasteiger partial charge on any atom is 1.00 e. The Bertz CT molecular complexity index is 805. The van der Waals surface area contributed by atoms with Crippen LogP contribution in [0.3, 0.4) is 0 Å². The minimum Gasteiger partial charge on any atom is -0.872 e. The van der Waals surface area contributed by atoms with Gasteiger partial charge in [0.15, 0.2) is 0 Å². The summed E-state index contributed by atoms with van der Waals surface area (Å²) in [6, 6.07) is 10.5. The second kappa shape index (κ2) is 10.9. The summed E-state index contributed by atoms with van der Waals surface area (Å²) in [5.74, 6) is 0.380. The number of unbranched alkanes of at least 4 members (excludes halogenated alkanes) is 4. The van der Waals surface area contributed by atoms with Crippen molar-refractivity contribution in [2.45, 2.75) is 50.3 Å². The van der Waals surface area contributed by atoms with E-state index in [-0.39, 0.29) is 46.0 Å². The Labute approximate surface area is 177 Å². The van der Waals surface area contributed by atoms with Crippen molar-refractivity contribution in [3.05, 3.63) is 48.0 Å². The Hall–Kier alpha value is -1.05. The first kappa shape index (κ1) is 23.0. The molecular formula is C19H23NaO5S. The van der Waals surface area contributed by atoms with Crippen molar-refractivity contribution in [1.29, 1.82) is 0 Å². The van der Waals surface area contributed by atoms with Crippen LogP contribution in [0.2, 0.25) is 0 Å². The van der Waals surface area contributed by atoms with Gasteiger partial charge in [0, 0.05) is 6.07 Å². The van der Waals surface area contributed by atoms with Crippen LogP contribution in [0.25, 0.3) is 0 Å². The normalized spacial score (nSPS) is 11.0. The monoisotopic (exact) mass is 386 g/mol. The molecule has 0 bridgehead atoms. The van der Waals surface area contributed by atoms with E-state index in [1.807, 2.05) is 0 Å². The zero-order valence-electron chi connectivity index (χ0n) is 15.3. The summed E-state index contributed by atoms with van der Waals surface area (Å²) in [5, 5.41) is 11.3. The van der Waals surface area contributed by atoms with Crippen LogP contribution < -0.4 is 39.4 Å². The quantitative estimate of drug-likeness (QED) is 0.399. The van der Waals surface area contributed by atoms with Crippen molar-refractivity contribution in [2.75, 3.05) is 0 Å². The van der Waals surface area contributed by atoms with Gasteiger partial charge >= 0.3 is 29.6 Å². The number of hydrogen-bond donors (Lipinski definition) is 1. The predicted molar refractivity (Wildman–Crippen MR) is 94.7 cm³/mol. The molecule has 0 aliphatic heterocycles. The Balaban J connectivity index is 0.00000338. The van der Waals surface area contributed by atoms with E-state index in [9.17, 15) is 18.1 Å². The fourth-order valence-electron chi connectivity index (χ4n) is 2.64. The molecule has 0 atom stereocenters. The molecule has 0 aliphatic rings. The smallest absolute Gasteiger partial charge is 0.872 e. The average Bonchev–Trinajstić information content (AvgIpc) is 2.55. The molecule has 26 heavy (non-hydrogen) atoms. The summed E-state index contributed by atoms with van der Waals surface area (Å²) in [4.78, 5) is -0.140. The molecule has 0 spiro atoms. The fraction of sp³-hybridized carbons (Fsp3) is 0.368. The maximum absolute atomic E-state index is 11.7. The Morgan fingerprint density at radius 3 is 2.35 bits per heavy atom. The zero-order chi connectivity index (χ0) is 18.3. The summed E-state index contributed by atoms with van der Waals surface area (Å²) < 4.78 is 38.4. The Kier molecular flexibility index (Phi) is 9.68. The van der Waals surface area contributed by atoms with Gasteiger partial charge in [0.1, 0.15) is 16.4 Å². The van der Waals surface area contributed by atoms with Gasteiger partial charge in [-0.25, -0.2) is 0 Å². The summed E-state index contributed by atoms with van der Waals surface area (Å²) in [5.41, 5.74) is 0.573. The molecule has 0 fully saturated rings. The van der Waals surface area contributed by atoms with Gasteiger partial charge in [-0.1, -0.05) is 50.8 Å². The fourth-order valence-corrected chi connectivity index (χ4v) is 3.40. The van der Waals surface area contributed by atoms with Crippen molar-refractivity contribution in [1.82, 2.24) is 0 Å². The van der Waals surface area contributed by atoms with Crippen LogP contribution in [-0.4, -0.2) is 13.0 Å². The van der Waals surface area contributed by atoms with E-state index in [1.54, 1.807) is 24.3 Å². The number of ether oxygens (including phenoxy) is 1. The van der Waals surface area contributed by atoms with Gasteiger partial charge in [0.05, 0.1) is 0 Å². The first-order valence-corrected chi connectivity index (χ1v) is 9.89.